The van der Waals surface area contributed by atoms with Gasteiger partial charge in [0.1, 0.15) is 0 Å². The van der Waals surface area contributed by atoms with E-state index >= 15 is 0 Å². The minimum Gasteiger partial charge on any atom is -0.356 e. The molecule has 1 saturated heterocycles. The molecule has 1 aliphatic carbocycles. The van der Waals surface area contributed by atoms with Gasteiger partial charge in [-0.2, -0.15) is 0 Å². The van der Waals surface area contributed by atoms with Gasteiger partial charge >= 0.3 is 0 Å². The maximum Gasteiger partial charge on any atom is 0.223 e. The number of carbonyl (C=O) groups is 2. The molecule has 0 radical (unpaired) electrons. The second-order valence-corrected chi connectivity index (χ2v) is 5.90. The molecular weight excluding hydrogens is 290 g/mol. The van der Waals surface area contributed by atoms with E-state index in [0.29, 0.717) is 19.0 Å². The van der Waals surface area contributed by atoms with Crippen molar-refractivity contribution in [1.29, 1.82) is 0 Å². The number of carbonyl (C=O) groups excluding carboxylic acids is 2. The Morgan fingerprint density at radius 2 is 2.05 bits per heavy atom. The quantitative estimate of drug-likeness (QED) is 0.664. The van der Waals surface area contributed by atoms with E-state index in [1.54, 1.807) is 0 Å². The lowest BCUT2D eigenvalue weighted by Crippen LogP contribution is -2.42. The van der Waals surface area contributed by atoms with Crippen LogP contribution in [0.2, 0.25) is 0 Å². The van der Waals surface area contributed by atoms with Gasteiger partial charge in [0.05, 0.1) is 0 Å². The van der Waals surface area contributed by atoms with Crippen molar-refractivity contribution in [2.24, 2.45) is 5.92 Å². The molecule has 1 aliphatic heterocycles. The van der Waals surface area contributed by atoms with Gasteiger partial charge < -0.3 is 15.5 Å². The smallest absolute Gasteiger partial charge is 0.223 e. The zero-order valence-corrected chi connectivity index (χ0v) is 13.7. The van der Waals surface area contributed by atoms with Gasteiger partial charge in [0.25, 0.3) is 0 Å². The van der Waals surface area contributed by atoms with E-state index in [1.165, 1.54) is 0 Å². The van der Waals surface area contributed by atoms with Crippen molar-refractivity contribution in [2.45, 2.75) is 51.5 Å². The molecule has 1 atom stereocenters. The van der Waals surface area contributed by atoms with Crippen LogP contribution in [0.4, 0.5) is 0 Å². The first kappa shape index (κ1) is 18.2. The molecule has 2 rings (SSSR count). The van der Waals surface area contributed by atoms with E-state index in [2.05, 4.69) is 17.6 Å². The lowest BCUT2D eigenvalue weighted by Gasteiger charge is -2.28. The summed E-state index contributed by atoms with van der Waals surface area (Å²) in [5.41, 5.74) is 0. The average Bonchev–Trinajstić information content (AvgIpc) is 3.16. The number of rotatable bonds is 8. The Morgan fingerprint density at radius 3 is 2.62 bits per heavy atom. The Morgan fingerprint density at radius 1 is 1.29 bits per heavy atom. The first-order chi connectivity index (χ1) is 9.72. The zero-order chi connectivity index (χ0) is 14.4. The van der Waals surface area contributed by atoms with Gasteiger partial charge in [-0.3, -0.25) is 9.59 Å². The van der Waals surface area contributed by atoms with Crippen LogP contribution in [-0.4, -0.2) is 48.9 Å². The maximum atomic E-state index is 12.3. The van der Waals surface area contributed by atoms with Crippen LogP contribution in [0.1, 0.15) is 45.4 Å². The Bertz CT molecular complexity index is 342. The molecule has 0 aromatic carbocycles. The third kappa shape index (κ3) is 5.83. The van der Waals surface area contributed by atoms with Gasteiger partial charge in [-0.15, -0.1) is 12.4 Å². The summed E-state index contributed by atoms with van der Waals surface area (Å²) in [6, 6.07) is 0.364. The molecule has 0 bridgehead atoms. The van der Waals surface area contributed by atoms with Crippen LogP contribution in [0.25, 0.3) is 0 Å². The molecular formula is C15H28ClN3O2. The Hall–Kier alpha value is -0.810. The largest absolute Gasteiger partial charge is 0.356 e. The molecule has 1 unspecified atom stereocenters. The molecule has 6 heteroatoms. The summed E-state index contributed by atoms with van der Waals surface area (Å²) in [7, 11) is 0. The molecule has 1 heterocycles. The highest BCUT2D eigenvalue weighted by molar-refractivity contribution is 5.85. The zero-order valence-electron chi connectivity index (χ0n) is 12.9. The summed E-state index contributed by atoms with van der Waals surface area (Å²) < 4.78 is 0. The molecule has 0 spiro atoms. The molecule has 122 valence electrons. The topological polar surface area (TPSA) is 61.4 Å². The van der Waals surface area contributed by atoms with E-state index in [4.69, 9.17) is 0 Å². The van der Waals surface area contributed by atoms with Gasteiger partial charge in [0.2, 0.25) is 11.8 Å². The third-order valence-corrected chi connectivity index (χ3v) is 4.07. The minimum absolute atomic E-state index is 0. The van der Waals surface area contributed by atoms with Crippen LogP contribution in [0.3, 0.4) is 0 Å². The molecule has 5 nitrogen and oxygen atoms in total. The number of halogens is 1. The monoisotopic (exact) mass is 317 g/mol. The number of amides is 2. The van der Waals surface area contributed by atoms with Crippen molar-refractivity contribution in [2.75, 3.05) is 26.2 Å². The Balaban J connectivity index is 0.00000220. The first-order valence-corrected chi connectivity index (χ1v) is 8.00. The fourth-order valence-electron chi connectivity index (χ4n) is 2.74. The van der Waals surface area contributed by atoms with Crippen LogP contribution >= 0.6 is 12.4 Å². The normalized spacial score (nSPS) is 20.7. The van der Waals surface area contributed by atoms with Crippen molar-refractivity contribution >= 4 is 24.2 Å². The van der Waals surface area contributed by atoms with E-state index in [0.717, 1.165) is 51.7 Å². The SMILES string of the molecule is CCCN(C(=O)CCCNC(=O)C1CC1)C1CCNC1.Cl. The van der Waals surface area contributed by atoms with Crippen molar-refractivity contribution in [1.82, 2.24) is 15.5 Å². The highest BCUT2D eigenvalue weighted by Crippen LogP contribution is 2.28. The summed E-state index contributed by atoms with van der Waals surface area (Å²) in [6.07, 6.45) is 5.41. The predicted molar refractivity (Wildman–Crippen MR) is 85.5 cm³/mol. The van der Waals surface area contributed by atoms with Crippen LogP contribution in [0.5, 0.6) is 0 Å². The maximum absolute atomic E-state index is 12.3. The second kappa shape index (κ2) is 9.26. The highest BCUT2D eigenvalue weighted by Gasteiger charge is 2.29. The summed E-state index contributed by atoms with van der Waals surface area (Å²) in [4.78, 5) is 25.8. The Labute approximate surface area is 133 Å². The molecule has 0 aromatic rings. The summed E-state index contributed by atoms with van der Waals surface area (Å²) in [5, 5.41) is 6.24. The van der Waals surface area contributed by atoms with Crippen molar-refractivity contribution < 1.29 is 9.59 Å². The van der Waals surface area contributed by atoms with Crippen LogP contribution in [-0.2, 0) is 9.59 Å². The average molecular weight is 318 g/mol. The van der Waals surface area contributed by atoms with Gasteiger partial charge in [0.15, 0.2) is 0 Å². The molecule has 2 amide bonds. The predicted octanol–water partition coefficient (Wildman–Crippen LogP) is 1.32. The van der Waals surface area contributed by atoms with Crippen LogP contribution in [0, 0.1) is 5.92 Å². The molecule has 21 heavy (non-hydrogen) atoms. The fraction of sp³-hybridized carbons (Fsp3) is 0.867. The lowest BCUT2D eigenvalue weighted by atomic mass is 10.1. The molecule has 2 fully saturated rings. The number of hydrogen-bond donors (Lipinski definition) is 2. The van der Waals surface area contributed by atoms with Gasteiger partial charge in [0, 0.05) is 38.0 Å². The van der Waals surface area contributed by atoms with Crippen molar-refractivity contribution in [3.05, 3.63) is 0 Å². The molecule has 1 saturated carbocycles. The highest BCUT2D eigenvalue weighted by atomic mass is 35.5. The Kier molecular flexibility index (Phi) is 8.04. The van der Waals surface area contributed by atoms with Crippen LogP contribution < -0.4 is 10.6 Å². The van der Waals surface area contributed by atoms with Gasteiger partial charge in [-0.05, 0) is 38.6 Å². The van der Waals surface area contributed by atoms with E-state index < -0.39 is 0 Å². The number of hydrogen-bond acceptors (Lipinski definition) is 3. The molecule has 0 aromatic heterocycles. The minimum atomic E-state index is 0. The van der Waals surface area contributed by atoms with E-state index in [-0.39, 0.29) is 30.1 Å². The lowest BCUT2D eigenvalue weighted by molar-refractivity contribution is -0.133. The summed E-state index contributed by atoms with van der Waals surface area (Å²) in [6.45, 7) is 5.52. The molecule has 2 aliphatic rings. The third-order valence-electron chi connectivity index (χ3n) is 4.07. The number of nitrogens with zero attached hydrogens (tertiary/aromatic N) is 1. The molecule has 2 N–H and O–H groups in total. The second-order valence-electron chi connectivity index (χ2n) is 5.90. The van der Waals surface area contributed by atoms with Gasteiger partial charge in [-0.25, -0.2) is 0 Å². The van der Waals surface area contributed by atoms with Crippen LogP contribution in [0.15, 0.2) is 0 Å². The van der Waals surface area contributed by atoms with Crippen molar-refractivity contribution in [3.8, 4) is 0 Å². The number of nitrogens with one attached hydrogen (secondary N) is 2. The van der Waals surface area contributed by atoms with E-state index in [1.807, 2.05) is 4.90 Å². The standard InChI is InChI=1S/C15H27N3O2.ClH/c1-2-10-18(13-7-9-16-11-13)14(19)4-3-8-17-15(20)12-5-6-12;/h12-13,16H,2-11H2,1H3,(H,17,20);1H. The first-order valence-electron chi connectivity index (χ1n) is 8.00. The summed E-state index contributed by atoms with van der Waals surface area (Å²) in [5.74, 6) is 0.663. The van der Waals surface area contributed by atoms with E-state index in [9.17, 15) is 9.59 Å². The van der Waals surface area contributed by atoms with Crippen molar-refractivity contribution in [3.63, 3.8) is 0 Å². The fourth-order valence-corrected chi connectivity index (χ4v) is 2.74. The van der Waals surface area contributed by atoms with Gasteiger partial charge in [-0.1, -0.05) is 6.92 Å². The summed E-state index contributed by atoms with van der Waals surface area (Å²) >= 11 is 0.